The second-order valence-electron chi connectivity index (χ2n) is 4.89. The summed E-state index contributed by atoms with van der Waals surface area (Å²) in [7, 11) is 0. The van der Waals surface area contributed by atoms with Crippen molar-refractivity contribution in [3.8, 4) is 11.5 Å². The lowest BCUT2D eigenvalue weighted by Crippen LogP contribution is -2.22. The van der Waals surface area contributed by atoms with Gasteiger partial charge in [-0.2, -0.15) is 0 Å². The first-order valence-electron chi connectivity index (χ1n) is 7.35. The molecule has 0 spiro atoms. The number of pyridine rings is 1. The predicted molar refractivity (Wildman–Crippen MR) is 89.8 cm³/mol. The van der Waals surface area contributed by atoms with E-state index in [9.17, 15) is 0 Å². The highest BCUT2D eigenvalue weighted by atomic mass is 79.9. The van der Waals surface area contributed by atoms with Crippen molar-refractivity contribution >= 4 is 15.9 Å². The topological polar surface area (TPSA) is 34.1 Å². The van der Waals surface area contributed by atoms with Crippen molar-refractivity contribution in [2.45, 2.75) is 32.7 Å². The summed E-state index contributed by atoms with van der Waals surface area (Å²) in [6.45, 7) is 5.35. The molecule has 2 rings (SSSR count). The quantitative estimate of drug-likeness (QED) is 0.756. The van der Waals surface area contributed by atoms with E-state index in [4.69, 9.17) is 4.74 Å². The molecule has 2 aromatic rings. The van der Waals surface area contributed by atoms with Crippen molar-refractivity contribution in [3.63, 3.8) is 0 Å². The number of ether oxygens (including phenoxy) is 1. The fraction of sp³-hybridized carbons (Fsp3) is 0.353. The molecule has 0 saturated heterocycles. The van der Waals surface area contributed by atoms with Crippen molar-refractivity contribution in [2.75, 3.05) is 6.54 Å². The Kier molecular flexibility index (Phi) is 6.21. The third-order valence-corrected chi connectivity index (χ3v) is 3.74. The van der Waals surface area contributed by atoms with Gasteiger partial charge in [-0.15, -0.1) is 0 Å². The average Bonchev–Trinajstić information content (AvgIpc) is 2.52. The largest absolute Gasteiger partial charge is 0.456 e. The molecular weight excluding hydrogens is 328 g/mol. The van der Waals surface area contributed by atoms with Gasteiger partial charge in [0, 0.05) is 10.5 Å². The number of halogens is 1. The molecule has 1 atom stereocenters. The molecule has 1 N–H and O–H groups in total. The fourth-order valence-corrected chi connectivity index (χ4v) is 2.34. The van der Waals surface area contributed by atoms with E-state index < -0.39 is 0 Å². The lowest BCUT2D eigenvalue weighted by molar-refractivity contribution is 0.474. The van der Waals surface area contributed by atoms with Crippen LogP contribution in [0, 0.1) is 0 Å². The van der Waals surface area contributed by atoms with Gasteiger partial charge in [-0.3, -0.25) is 4.98 Å². The van der Waals surface area contributed by atoms with Crippen molar-refractivity contribution in [1.29, 1.82) is 0 Å². The third-order valence-electron chi connectivity index (χ3n) is 3.21. The van der Waals surface area contributed by atoms with E-state index in [0.717, 1.165) is 41.1 Å². The molecular formula is C17H21BrN2O. The molecule has 0 amide bonds. The normalized spacial score (nSPS) is 12.1. The van der Waals surface area contributed by atoms with Crippen LogP contribution in [0.25, 0.3) is 0 Å². The van der Waals surface area contributed by atoms with Crippen LogP contribution >= 0.6 is 15.9 Å². The highest BCUT2D eigenvalue weighted by molar-refractivity contribution is 9.10. The maximum atomic E-state index is 5.78. The summed E-state index contributed by atoms with van der Waals surface area (Å²) in [5, 5.41) is 3.50. The van der Waals surface area contributed by atoms with Crippen molar-refractivity contribution in [1.82, 2.24) is 10.3 Å². The smallest absolute Gasteiger partial charge is 0.145 e. The molecule has 1 aromatic carbocycles. The average molecular weight is 349 g/mol. The molecule has 4 heteroatoms. The highest BCUT2D eigenvalue weighted by Gasteiger charge is 2.09. The van der Waals surface area contributed by atoms with Gasteiger partial charge in [0.2, 0.25) is 0 Å². The van der Waals surface area contributed by atoms with E-state index in [1.54, 1.807) is 6.20 Å². The number of nitrogens with one attached hydrogen (secondary N) is 1. The minimum atomic E-state index is 0.312. The molecule has 1 unspecified atom stereocenters. The second-order valence-corrected chi connectivity index (χ2v) is 5.81. The number of benzene rings is 1. The van der Waals surface area contributed by atoms with Crippen molar-refractivity contribution in [2.24, 2.45) is 0 Å². The fourth-order valence-electron chi connectivity index (χ4n) is 2.07. The highest BCUT2D eigenvalue weighted by Crippen LogP contribution is 2.24. The Balaban J connectivity index is 2.02. The minimum absolute atomic E-state index is 0.312. The van der Waals surface area contributed by atoms with Crippen LogP contribution in [-0.4, -0.2) is 11.5 Å². The van der Waals surface area contributed by atoms with E-state index in [1.807, 2.05) is 36.4 Å². The van der Waals surface area contributed by atoms with Crippen LogP contribution in [0.2, 0.25) is 0 Å². The molecule has 0 aliphatic heterocycles. The van der Waals surface area contributed by atoms with Gasteiger partial charge in [-0.25, -0.2) is 0 Å². The Hall–Kier alpha value is -1.39. The van der Waals surface area contributed by atoms with Crippen LogP contribution in [0.5, 0.6) is 11.5 Å². The molecule has 0 saturated carbocycles. The molecule has 3 nitrogen and oxygen atoms in total. The lowest BCUT2D eigenvalue weighted by Gasteiger charge is -2.16. The Bertz CT molecular complexity index is 540. The van der Waals surface area contributed by atoms with Crippen LogP contribution in [0.1, 0.15) is 38.4 Å². The standard InChI is InChI=1S/C17H21BrN2O/c1-3-11-19-16(4-2)17-10-9-15(12-20-17)21-14-7-5-13(18)6-8-14/h5-10,12,16,19H,3-4,11H2,1-2H3. The summed E-state index contributed by atoms with van der Waals surface area (Å²) in [5.41, 5.74) is 1.06. The van der Waals surface area contributed by atoms with Crippen molar-refractivity contribution < 1.29 is 4.74 Å². The van der Waals surface area contributed by atoms with Crippen LogP contribution in [-0.2, 0) is 0 Å². The zero-order valence-corrected chi connectivity index (χ0v) is 14.1. The molecule has 1 heterocycles. The Labute approximate surface area is 134 Å². The molecule has 21 heavy (non-hydrogen) atoms. The Morgan fingerprint density at radius 2 is 1.81 bits per heavy atom. The summed E-state index contributed by atoms with van der Waals surface area (Å²) in [4.78, 5) is 4.52. The zero-order valence-electron chi connectivity index (χ0n) is 12.5. The van der Waals surface area contributed by atoms with Crippen LogP contribution < -0.4 is 10.1 Å². The van der Waals surface area contributed by atoms with Gasteiger partial charge in [0.05, 0.1) is 11.9 Å². The van der Waals surface area contributed by atoms with Gasteiger partial charge in [0.1, 0.15) is 11.5 Å². The summed E-state index contributed by atoms with van der Waals surface area (Å²) in [5.74, 6) is 1.57. The molecule has 0 bridgehead atoms. The summed E-state index contributed by atoms with van der Waals surface area (Å²) >= 11 is 3.41. The molecule has 0 radical (unpaired) electrons. The lowest BCUT2D eigenvalue weighted by atomic mass is 10.1. The van der Waals surface area contributed by atoms with Gasteiger partial charge in [-0.1, -0.05) is 29.8 Å². The first-order chi connectivity index (χ1) is 10.2. The van der Waals surface area contributed by atoms with Gasteiger partial charge < -0.3 is 10.1 Å². The SMILES string of the molecule is CCCNC(CC)c1ccc(Oc2ccc(Br)cc2)cn1. The van der Waals surface area contributed by atoms with Gasteiger partial charge in [-0.05, 0) is 55.8 Å². The van der Waals surface area contributed by atoms with Gasteiger partial charge >= 0.3 is 0 Å². The number of hydrogen-bond acceptors (Lipinski definition) is 3. The van der Waals surface area contributed by atoms with E-state index in [1.165, 1.54) is 0 Å². The summed E-state index contributed by atoms with van der Waals surface area (Å²) < 4.78 is 6.82. The minimum Gasteiger partial charge on any atom is -0.456 e. The van der Waals surface area contributed by atoms with E-state index >= 15 is 0 Å². The monoisotopic (exact) mass is 348 g/mol. The predicted octanol–water partition coefficient (Wildman–Crippen LogP) is 5.09. The first kappa shape index (κ1) is 16.0. The van der Waals surface area contributed by atoms with Gasteiger partial charge in [0.15, 0.2) is 0 Å². The summed E-state index contributed by atoms with van der Waals surface area (Å²) in [6.07, 6.45) is 3.94. The number of nitrogens with zero attached hydrogens (tertiary/aromatic N) is 1. The van der Waals surface area contributed by atoms with Gasteiger partial charge in [0.25, 0.3) is 0 Å². The Morgan fingerprint density at radius 1 is 1.10 bits per heavy atom. The Morgan fingerprint density at radius 3 is 2.38 bits per heavy atom. The van der Waals surface area contributed by atoms with E-state index in [2.05, 4.69) is 40.1 Å². The molecule has 0 fully saturated rings. The molecule has 0 aliphatic carbocycles. The van der Waals surface area contributed by atoms with E-state index in [0.29, 0.717) is 6.04 Å². The maximum absolute atomic E-state index is 5.78. The van der Waals surface area contributed by atoms with Crippen molar-refractivity contribution in [3.05, 3.63) is 52.8 Å². The van der Waals surface area contributed by atoms with Crippen LogP contribution in [0.4, 0.5) is 0 Å². The molecule has 1 aromatic heterocycles. The number of aromatic nitrogens is 1. The summed E-state index contributed by atoms with van der Waals surface area (Å²) in [6, 6.07) is 12.1. The third kappa shape index (κ3) is 4.83. The first-order valence-corrected chi connectivity index (χ1v) is 8.15. The van der Waals surface area contributed by atoms with E-state index in [-0.39, 0.29) is 0 Å². The maximum Gasteiger partial charge on any atom is 0.145 e. The second kappa shape index (κ2) is 8.15. The van der Waals surface area contributed by atoms with Crippen LogP contribution in [0.3, 0.4) is 0 Å². The number of rotatable bonds is 7. The molecule has 112 valence electrons. The van der Waals surface area contributed by atoms with Crippen LogP contribution in [0.15, 0.2) is 47.1 Å². The molecule has 0 aliphatic rings. The number of hydrogen-bond donors (Lipinski definition) is 1. The zero-order chi connectivity index (χ0) is 15.1.